The number of nitrogens with two attached hydrogens (primary N) is 1. The van der Waals surface area contributed by atoms with E-state index in [0.717, 1.165) is 30.8 Å². The Bertz CT molecular complexity index is 418. The summed E-state index contributed by atoms with van der Waals surface area (Å²) in [5.74, 6) is 0.586. The molecule has 0 bridgehead atoms. The first kappa shape index (κ1) is 16.4. The van der Waals surface area contributed by atoms with Gasteiger partial charge in [-0.15, -0.1) is 23.7 Å². The topological polar surface area (TPSA) is 59.2 Å². The number of hydrogen-bond acceptors (Lipinski definition) is 4. The Morgan fingerprint density at radius 1 is 1.58 bits per heavy atom. The zero-order valence-corrected chi connectivity index (χ0v) is 13.1. The fourth-order valence-corrected chi connectivity index (χ4v) is 2.76. The van der Waals surface area contributed by atoms with E-state index in [9.17, 15) is 4.79 Å². The van der Waals surface area contributed by atoms with Gasteiger partial charge in [0.05, 0.1) is 5.01 Å². The molecule has 1 heterocycles. The molecule has 108 valence electrons. The minimum atomic E-state index is 0. The van der Waals surface area contributed by atoms with E-state index in [1.54, 1.807) is 0 Å². The number of carbonyl (C=O) groups is 1. The number of aromatic nitrogens is 1. The molecule has 1 aliphatic carbocycles. The molecule has 2 N–H and O–H groups in total. The van der Waals surface area contributed by atoms with Gasteiger partial charge in [-0.1, -0.05) is 13.8 Å². The minimum absolute atomic E-state index is 0. The van der Waals surface area contributed by atoms with Crippen molar-refractivity contribution < 1.29 is 4.79 Å². The first-order valence-corrected chi connectivity index (χ1v) is 7.45. The average Bonchev–Trinajstić information content (AvgIpc) is 3.06. The molecule has 0 saturated heterocycles. The summed E-state index contributed by atoms with van der Waals surface area (Å²) in [6.07, 6.45) is 3.03. The summed E-state index contributed by atoms with van der Waals surface area (Å²) in [5.41, 5.74) is 6.09. The van der Waals surface area contributed by atoms with Gasteiger partial charge < -0.3 is 10.6 Å². The Labute approximate surface area is 124 Å². The van der Waals surface area contributed by atoms with E-state index in [1.807, 2.05) is 10.3 Å². The van der Waals surface area contributed by atoms with Crippen molar-refractivity contribution in [2.45, 2.75) is 39.2 Å². The third-order valence-corrected chi connectivity index (χ3v) is 3.85. The molecule has 0 aliphatic heterocycles. The predicted molar refractivity (Wildman–Crippen MR) is 81.0 cm³/mol. The Morgan fingerprint density at radius 2 is 2.26 bits per heavy atom. The summed E-state index contributed by atoms with van der Waals surface area (Å²) < 4.78 is 0. The molecule has 0 atom stereocenters. The number of halogens is 1. The molecule has 1 saturated carbocycles. The maximum atomic E-state index is 12.4. The van der Waals surface area contributed by atoms with Gasteiger partial charge >= 0.3 is 0 Å². The molecule has 4 nitrogen and oxygen atoms in total. The second kappa shape index (κ2) is 7.22. The Balaban J connectivity index is 0.00000180. The molecule has 0 aromatic carbocycles. The third kappa shape index (κ3) is 4.44. The summed E-state index contributed by atoms with van der Waals surface area (Å²) in [4.78, 5) is 18.8. The summed E-state index contributed by atoms with van der Waals surface area (Å²) in [7, 11) is 0. The highest BCUT2D eigenvalue weighted by Crippen LogP contribution is 2.29. The van der Waals surface area contributed by atoms with Gasteiger partial charge in [0.2, 0.25) is 0 Å². The van der Waals surface area contributed by atoms with Crippen molar-refractivity contribution in [1.29, 1.82) is 0 Å². The van der Waals surface area contributed by atoms with Crippen LogP contribution in [0.15, 0.2) is 5.38 Å². The maximum Gasteiger partial charge on any atom is 0.273 e. The first-order chi connectivity index (χ1) is 8.61. The zero-order chi connectivity index (χ0) is 13.1. The van der Waals surface area contributed by atoms with Gasteiger partial charge in [-0.25, -0.2) is 4.98 Å². The van der Waals surface area contributed by atoms with E-state index >= 15 is 0 Å². The summed E-state index contributed by atoms with van der Waals surface area (Å²) in [6, 6.07) is 0.444. The van der Waals surface area contributed by atoms with E-state index < -0.39 is 0 Å². The Morgan fingerprint density at radius 3 is 2.79 bits per heavy atom. The van der Waals surface area contributed by atoms with Crippen LogP contribution >= 0.6 is 23.7 Å². The SMILES string of the molecule is CC(C)CN(C(=O)c1csc(CCN)n1)C1CC1.Cl. The van der Waals surface area contributed by atoms with Gasteiger partial charge in [0, 0.05) is 24.4 Å². The van der Waals surface area contributed by atoms with E-state index in [2.05, 4.69) is 18.8 Å². The predicted octanol–water partition coefficient (Wildman–Crippen LogP) is 2.33. The minimum Gasteiger partial charge on any atom is -0.334 e. The molecular weight excluding hydrogens is 282 g/mol. The van der Waals surface area contributed by atoms with Crippen LogP contribution in [0.2, 0.25) is 0 Å². The smallest absolute Gasteiger partial charge is 0.273 e. The van der Waals surface area contributed by atoms with E-state index in [1.165, 1.54) is 11.3 Å². The number of carbonyl (C=O) groups excluding carboxylic acids is 1. The molecule has 1 amide bonds. The molecule has 1 aliphatic rings. The van der Waals surface area contributed by atoms with Crippen LogP contribution in [0.1, 0.15) is 42.2 Å². The van der Waals surface area contributed by atoms with Crippen LogP contribution in [0.4, 0.5) is 0 Å². The summed E-state index contributed by atoms with van der Waals surface area (Å²) in [5, 5.41) is 2.82. The van der Waals surface area contributed by atoms with E-state index in [0.29, 0.717) is 24.2 Å². The molecule has 0 spiro atoms. The lowest BCUT2D eigenvalue weighted by molar-refractivity contribution is 0.0717. The van der Waals surface area contributed by atoms with Gasteiger partial charge in [-0.3, -0.25) is 4.79 Å². The lowest BCUT2D eigenvalue weighted by atomic mass is 10.2. The molecule has 1 fully saturated rings. The lowest BCUT2D eigenvalue weighted by Gasteiger charge is -2.23. The second-order valence-corrected chi connectivity index (χ2v) is 6.19. The van der Waals surface area contributed by atoms with Crippen LogP contribution in [0.25, 0.3) is 0 Å². The van der Waals surface area contributed by atoms with Crippen molar-refractivity contribution in [2.24, 2.45) is 11.7 Å². The number of nitrogens with zero attached hydrogens (tertiary/aromatic N) is 2. The van der Waals surface area contributed by atoms with Crippen LogP contribution in [-0.2, 0) is 6.42 Å². The van der Waals surface area contributed by atoms with Gasteiger partial charge in [-0.2, -0.15) is 0 Å². The van der Waals surface area contributed by atoms with Crippen LogP contribution < -0.4 is 5.73 Å². The van der Waals surface area contributed by atoms with Gasteiger partial charge in [-0.05, 0) is 25.3 Å². The third-order valence-electron chi connectivity index (χ3n) is 2.94. The largest absolute Gasteiger partial charge is 0.334 e. The van der Waals surface area contributed by atoms with E-state index in [4.69, 9.17) is 5.73 Å². The molecule has 19 heavy (non-hydrogen) atoms. The molecule has 0 radical (unpaired) electrons. The van der Waals surface area contributed by atoms with Crippen molar-refractivity contribution in [3.8, 4) is 0 Å². The van der Waals surface area contributed by atoms with Gasteiger partial charge in [0.25, 0.3) is 5.91 Å². The van der Waals surface area contributed by atoms with Crippen LogP contribution in [-0.4, -0.2) is 34.9 Å². The Kier molecular flexibility index (Phi) is 6.23. The van der Waals surface area contributed by atoms with Crippen molar-refractivity contribution >= 4 is 29.7 Å². The maximum absolute atomic E-state index is 12.4. The number of rotatable bonds is 6. The van der Waals surface area contributed by atoms with Crippen LogP contribution in [0.5, 0.6) is 0 Å². The van der Waals surface area contributed by atoms with Crippen LogP contribution in [0, 0.1) is 5.92 Å². The molecule has 1 aromatic heterocycles. The van der Waals surface area contributed by atoms with Gasteiger partial charge in [0.15, 0.2) is 0 Å². The fourth-order valence-electron chi connectivity index (χ4n) is 1.97. The fraction of sp³-hybridized carbons (Fsp3) is 0.692. The number of thiazole rings is 1. The molecule has 1 aromatic rings. The molecule has 6 heteroatoms. The monoisotopic (exact) mass is 303 g/mol. The lowest BCUT2D eigenvalue weighted by Crippen LogP contribution is -2.36. The average molecular weight is 304 g/mol. The Hall–Kier alpha value is -0.650. The highest BCUT2D eigenvalue weighted by Gasteiger charge is 2.34. The standard InChI is InChI=1S/C13H21N3OS.ClH/c1-9(2)7-16(10-3-4-10)13(17)11-8-18-12(15-11)5-6-14;/h8-10H,3-7,14H2,1-2H3;1H. The first-order valence-electron chi connectivity index (χ1n) is 6.57. The van der Waals surface area contributed by atoms with Crippen molar-refractivity contribution in [3.63, 3.8) is 0 Å². The molecule has 2 rings (SSSR count). The molecule has 0 unspecified atom stereocenters. The number of amides is 1. The normalized spacial score (nSPS) is 14.3. The van der Waals surface area contributed by atoms with Crippen molar-refractivity contribution in [1.82, 2.24) is 9.88 Å². The quantitative estimate of drug-likeness (QED) is 0.877. The van der Waals surface area contributed by atoms with Crippen LogP contribution in [0.3, 0.4) is 0 Å². The zero-order valence-electron chi connectivity index (χ0n) is 11.5. The van der Waals surface area contributed by atoms with Gasteiger partial charge in [0.1, 0.15) is 5.69 Å². The van der Waals surface area contributed by atoms with Crippen molar-refractivity contribution in [2.75, 3.05) is 13.1 Å². The van der Waals surface area contributed by atoms with Crippen molar-refractivity contribution in [3.05, 3.63) is 16.1 Å². The number of hydrogen-bond donors (Lipinski definition) is 1. The summed E-state index contributed by atoms with van der Waals surface area (Å²) >= 11 is 1.53. The highest BCUT2D eigenvalue weighted by atomic mass is 35.5. The second-order valence-electron chi connectivity index (χ2n) is 5.25. The van der Waals surface area contributed by atoms with E-state index in [-0.39, 0.29) is 18.3 Å². The highest BCUT2D eigenvalue weighted by molar-refractivity contribution is 7.09. The molecular formula is C13H22ClN3OS. The summed E-state index contributed by atoms with van der Waals surface area (Å²) in [6.45, 7) is 5.69.